The van der Waals surface area contributed by atoms with Gasteiger partial charge in [-0.3, -0.25) is 4.79 Å². The molecular formula is C20H30N2O4S. The van der Waals surface area contributed by atoms with Crippen molar-refractivity contribution in [1.29, 1.82) is 0 Å². The number of hydrogen-bond donors (Lipinski definition) is 0. The van der Waals surface area contributed by atoms with Crippen LogP contribution in [-0.4, -0.2) is 61.4 Å². The Kier molecular flexibility index (Phi) is 5.93. The molecule has 1 heterocycles. The van der Waals surface area contributed by atoms with Crippen LogP contribution < -0.4 is 0 Å². The summed E-state index contributed by atoms with van der Waals surface area (Å²) >= 11 is 0. The zero-order chi connectivity index (χ0) is 19.8. The van der Waals surface area contributed by atoms with Crippen LogP contribution in [0.4, 0.5) is 0 Å². The van der Waals surface area contributed by atoms with E-state index in [0.29, 0.717) is 30.6 Å². The number of carbonyl (C=O) groups excluding carboxylic acids is 1. The third-order valence-electron chi connectivity index (χ3n) is 4.94. The van der Waals surface area contributed by atoms with Crippen LogP contribution in [0.3, 0.4) is 0 Å². The Morgan fingerprint density at radius 1 is 1.15 bits per heavy atom. The largest absolute Gasteiger partial charge is 0.373 e. The summed E-state index contributed by atoms with van der Waals surface area (Å²) in [5.74, 6) is 0.392. The van der Waals surface area contributed by atoms with Crippen molar-refractivity contribution in [1.82, 2.24) is 9.21 Å². The Morgan fingerprint density at radius 3 is 2.19 bits per heavy atom. The summed E-state index contributed by atoms with van der Waals surface area (Å²) < 4.78 is 33.0. The minimum atomic E-state index is -3.59. The van der Waals surface area contributed by atoms with Crippen molar-refractivity contribution in [2.75, 3.05) is 19.6 Å². The van der Waals surface area contributed by atoms with Crippen LogP contribution in [0.1, 0.15) is 50.9 Å². The fourth-order valence-corrected chi connectivity index (χ4v) is 5.18. The molecule has 150 valence electrons. The SMILES string of the molecule is CC(C)CN(C(=O)c1ccc(S(=O)(=O)N2CC(C)OC(C)C2)cc1)C1CC1. The smallest absolute Gasteiger partial charge is 0.254 e. The highest BCUT2D eigenvalue weighted by molar-refractivity contribution is 7.89. The highest BCUT2D eigenvalue weighted by Crippen LogP contribution is 2.29. The average Bonchev–Trinajstić information content (AvgIpc) is 3.43. The van der Waals surface area contributed by atoms with Crippen molar-refractivity contribution in [3.63, 3.8) is 0 Å². The maximum atomic E-state index is 12.9. The molecule has 1 amide bonds. The molecule has 27 heavy (non-hydrogen) atoms. The molecule has 1 saturated carbocycles. The lowest BCUT2D eigenvalue weighted by atomic mass is 10.1. The van der Waals surface area contributed by atoms with Crippen molar-refractivity contribution >= 4 is 15.9 Å². The van der Waals surface area contributed by atoms with Gasteiger partial charge in [0.05, 0.1) is 17.1 Å². The van der Waals surface area contributed by atoms with Crippen LogP contribution in [0.2, 0.25) is 0 Å². The van der Waals surface area contributed by atoms with Crippen molar-refractivity contribution in [2.45, 2.75) is 63.7 Å². The van der Waals surface area contributed by atoms with Gasteiger partial charge in [-0.05, 0) is 56.9 Å². The van der Waals surface area contributed by atoms with Gasteiger partial charge in [-0.2, -0.15) is 4.31 Å². The molecule has 0 N–H and O–H groups in total. The molecule has 1 aromatic rings. The van der Waals surface area contributed by atoms with Gasteiger partial charge in [0, 0.05) is 31.2 Å². The fraction of sp³-hybridized carbons (Fsp3) is 0.650. The minimum Gasteiger partial charge on any atom is -0.373 e. The van der Waals surface area contributed by atoms with Crippen LogP contribution in [0.5, 0.6) is 0 Å². The average molecular weight is 395 g/mol. The van der Waals surface area contributed by atoms with E-state index in [2.05, 4.69) is 13.8 Å². The van der Waals surface area contributed by atoms with Crippen molar-refractivity contribution in [3.8, 4) is 0 Å². The van der Waals surface area contributed by atoms with E-state index in [4.69, 9.17) is 4.74 Å². The van der Waals surface area contributed by atoms with Crippen LogP contribution in [0.25, 0.3) is 0 Å². The molecule has 0 bridgehead atoms. The number of hydrogen-bond acceptors (Lipinski definition) is 4. The first-order valence-corrected chi connectivity index (χ1v) is 11.2. The summed E-state index contributed by atoms with van der Waals surface area (Å²) in [4.78, 5) is 15.0. The monoisotopic (exact) mass is 394 g/mol. The van der Waals surface area contributed by atoms with E-state index in [1.54, 1.807) is 24.3 Å². The van der Waals surface area contributed by atoms with Gasteiger partial charge in [0.15, 0.2) is 0 Å². The molecule has 2 atom stereocenters. The van der Waals surface area contributed by atoms with Gasteiger partial charge < -0.3 is 9.64 Å². The number of sulfonamides is 1. The standard InChI is InChI=1S/C20H30N2O4S/c1-14(2)11-22(18-7-8-18)20(23)17-5-9-19(10-6-17)27(24,25)21-12-15(3)26-16(4)13-21/h5-6,9-10,14-16,18H,7-8,11-13H2,1-4H3. The molecule has 0 aromatic heterocycles. The molecule has 0 radical (unpaired) electrons. The Labute approximate surface area is 162 Å². The molecule has 1 aromatic carbocycles. The van der Waals surface area contributed by atoms with Crippen LogP contribution >= 0.6 is 0 Å². The Morgan fingerprint density at radius 2 is 1.70 bits per heavy atom. The third kappa shape index (κ3) is 4.70. The first kappa shape index (κ1) is 20.3. The molecule has 1 aliphatic heterocycles. The third-order valence-corrected chi connectivity index (χ3v) is 6.78. The lowest BCUT2D eigenvalue weighted by molar-refractivity contribution is -0.0440. The second-order valence-corrected chi connectivity index (χ2v) is 10.1. The van der Waals surface area contributed by atoms with E-state index in [0.717, 1.165) is 19.4 Å². The number of morpholine rings is 1. The second kappa shape index (κ2) is 7.89. The predicted molar refractivity (Wildman–Crippen MR) is 104 cm³/mol. The molecule has 1 saturated heterocycles. The number of nitrogens with zero attached hydrogens (tertiary/aromatic N) is 2. The normalized spacial score (nSPS) is 24.2. The van der Waals surface area contributed by atoms with E-state index < -0.39 is 10.0 Å². The molecule has 3 rings (SSSR count). The summed E-state index contributed by atoms with van der Waals surface area (Å²) in [6.07, 6.45) is 1.84. The molecular weight excluding hydrogens is 364 g/mol. The number of ether oxygens (including phenoxy) is 1. The van der Waals surface area contributed by atoms with E-state index in [1.165, 1.54) is 4.31 Å². The number of benzene rings is 1. The number of carbonyl (C=O) groups is 1. The number of rotatable bonds is 6. The first-order chi connectivity index (χ1) is 12.7. The minimum absolute atomic E-state index is 0.0104. The van der Waals surface area contributed by atoms with Crippen LogP contribution in [0, 0.1) is 5.92 Å². The molecule has 6 nitrogen and oxygen atoms in total. The van der Waals surface area contributed by atoms with Crippen LogP contribution in [-0.2, 0) is 14.8 Å². The summed E-state index contributed by atoms with van der Waals surface area (Å²) in [6, 6.07) is 6.71. The van der Waals surface area contributed by atoms with Crippen LogP contribution in [0.15, 0.2) is 29.2 Å². The Bertz CT molecular complexity index is 762. The number of amides is 1. The molecule has 2 fully saturated rings. The van der Waals surface area contributed by atoms with E-state index in [-0.39, 0.29) is 23.0 Å². The van der Waals surface area contributed by atoms with Crippen molar-refractivity contribution in [2.24, 2.45) is 5.92 Å². The van der Waals surface area contributed by atoms with Gasteiger partial charge in [-0.25, -0.2) is 8.42 Å². The van der Waals surface area contributed by atoms with E-state index >= 15 is 0 Å². The maximum Gasteiger partial charge on any atom is 0.254 e. The molecule has 7 heteroatoms. The van der Waals surface area contributed by atoms with Gasteiger partial charge in [0.1, 0.15) is 0 Å². The summed E-state index contributed by atoms with van der Waals surface area (Å²) in [6.45, 7) is 9.37. The Hall–Kier alpha value is -1.44. The van der Waals surface area contributed by atoms with Gasteiger partial charge >= 0.3 is 0 Å². The highest BCUT2D eigenvalue weighted by Gasteiger charge is 2.34. The molecule has 2 aliphatic rings. The van der Waals surface area contributed by atoms with E-state index in [9.17, 15) is 13.2 Å². The topological polar surface area (TPSA) is 66.9 Å². The van der Waals surface area contributed by atoms with Gasteiger partial charge in [-0.15, -0.1) is 0 Å². The fourth-order valence-electron chi connectivity index (χ4n) is 3.59. The summed E-state index contributed by atoms with van der Waals surface area (Å²) in [7, 11) is -3.59. The van der Waals surface area contributed by atoms with Gasteiger partial charge in [0.25, 0.3) is 5.91 Å². The second-order valence-electron chi connectivity index (χ2n) is 8.19. The zero-order valence-corrected chi connectivity index (χ0v) is 17.4. The van der Waals surface area contributed by atoms with E-state index in [1.807, 2.05) is 18.7 Å². The lowest BCUT2D eigenvalue weighted by Crippen LogP contribution is -2.48. The van der Waals surface area contributed by atoms with Crippen molar-refractivity contribution < 1.29 is 17.9 Å². The molecule has 2 unspecified atom stereocenters. The summed E-state index contributed by atoms with van der Waals surface area (Å²) in [5.41, 5.74) is 0.546. The maximum absolute atomic E-state index is 12.9. The Balaban J connectivity index is 1.77. The molecule has 1 aliphatic carbocycles. The van der Waals surface area contributed by atoms with Crippen molar-refractivity contribution in [3.05, 3.63) is 29.8 Å². The molecule has 0 spiro atoms. The van der Waals surface area contributed by atoms with Gasteiger partial charge in [0.2, 0.25) is 10.0 Å². The van der Waals surface area contributed by atoms with Gasteiger partial charge in [-0.1, -0.05) is 13.8 Å². The highest BCUT2D eigenvalue weighted by atomic mass is 32.2. The quantitative estimate of drug-likeness (QED) is 0.744. The predicted octanol–water partition coefficient (Wildman–Crippen LogP) is 2.75. The zero-order valence-electron chi connectivity index (χ0n) is 16.6. The first-order valence-electron chi connectivity index (χ1n) is 9.75. The summed E-state index contributed by atoms with van der Waals surface area (Å²) in [5, 5.41) is 0. The lowest BCUT2D eigenvalue weighted by Gasteiger charge is -2.34.